The SMILES string of the molecule is COc1ccc(CNC(=O)NCC#CCOc2ccccc2F)cc1OC. The third-order valence-corrected chi connectivity index (χ3v) is 3.50. The molecule has 2 rings (SSSR count). The van der Waals surface area contributed by atoms with E-state index in [1.807, 2.05) is 6.07 Å². The van der Waals surface area contributed by atoms with Crippen molar-refractivity contribution in [1.82, 2.24) is 10.6 Å². The van der Waals surface area contributed by atoms with Crippen molar-refractivity contribution in [2.45, 2.75) is 6.54 Å². The summed E-state index contributed by atoms with van der Waals surface area (Å²) in [6.45, 7) is 0.518. The van der Waals surface area contributed by atoms with E-state index in [4.69, 9.17) is 14.2 Å². The maximum atomic E-state index is 13.3. The zero-order valence-corrected chi connectivity index (χ0v) is 15.2. The number of carbonyl (C=O) groups is 1. The van der Waals surface area contributed by atoms with Crippen molar-refractivity contribution in [2.24, 2.45) is 0 Å². The third-order valence-electron chi connectivity index (χ3n) is 3.50. The van der Waals surface area contributed by atoms with Crippen LogP contribution < -0.4 is 24.8 Å². The molecule has 2 N–H and O–H groups in total. The molecule has 0 saturated heterocycles. The highest BCUT2D eigenvalue weighted by atomic mass is 19.1. The predicted molar refractivity (Wildman–Crippen MR) is 99.5 cm³/mol. The van der Waals surface area contributed by atoms with Gasteiger partial charge in [0.1, 0.15) is 6.61 Å². The first-order valence-electron chi connectivity index (χ1n) is 8.19. The molecule has 2 aromatic rings. The number of methoxy groups -OCH3 is 2. The Morgan fingerprint density at radius 3 is 2.52 bits per heavy atom. The van der Waals surface area contributed by atoms with Gasteiger partial charge >= 0.3 is 6.03 Å². The number of nitrogens with one attached hydrogen (secondary N) is 2. The lowest BCUT2D eigenvalue weighted by molar-refractivity contribution is 0.241. The first kappa shape index (κ1) is 19.9. The minimum Gasteiger partial charge on any atom is -0.493 e. The number of hydrogen-bond acceptors (Lipinski definition) is 4. The van der Waals surface area contributed by atoms with Crippen LogP contribution in [0, 0.1) is 17.7 Å². The van der Waals surface area contributed by atoms with Gasteiger partial charge in [0, 0.05) is 6.54 Å². The van der Waals surface area contributed by atoms with E-state index in [-0.39, 0.29) is 24.9 Å². The molecule has 0 aromatic heterocycles. The summed E-state index contributed by atoms with van der Waals surface area (Å²) in [4.78, 5) is 11.8. The number of ether oxygens (including phenoxy) is 3. The standard InChI is InChI=1S/C20H21FN2O4/c1-25-18-10-9-15(13-19(18)26-2)14-23-20(24)22-11-5-6-12-27-17-8-4-3-7-16(17)21/h3-4,7-10,13H,11-12,14H2,1-2H3,(H2,22,23,24). The van der Waals surface area contributed by atoms with Crippen LogP contribution in [0.3, 0.4) is 0 Å². The number of para-hydroxylation sites is 1. The molecule has 142 valence electrons. The Labute approximate surface area is 157 Å². The second-order valence-corrected chi connectivity index (χ2v) is 5.30. The molecule has 2 aromatic carbocycles. The largest absolute Gasteiger partial charge is 0.493 e. The minimum atomic E-state index is -0.438. The van der Waals surface area contributed by atoms with Crippen molar-refractivity contribution >= 4 is 6.03 Å². The molecular formula is C20H21FN2O4. The summed E-state index contributed by atoms with van der Waals surface area (Å²) >= 11 is 0. The molecule has 0 unspecified atom stereocenters. The average Bonchev–Trinajstić information content (AvgIpc) is 2.70. The molecule has 0 bridgehead atoms. The third kappa shape index (κ3) is 6.44. The van der Waals surface area contributed by atoms with E-state index in [1.54, 1.807) is 38.5 Å². The van der Waals surface area contributed by atoms with Crippen molar-refractivity contribution in [2.75, 3.05) is 27.4 Å². The van der Waals surface area contributed by atoms with Crippen molar-refractivity contribution in [3.8, 4) is 29.1 Å². The van der Waals surface area contributed by atoms with Crippen LogP contribution in [0.5, 0.6) is 17.2 Å². The predicted octanol–water partition coefficient (Wildman–Crippen LogP) is 2.72. The van der Waals surface area contributed by atoms with E-state index in [2.05, 4.69) is 22.5 Å². The molecule has 6 nitrogen and oxygen atoms in total. The fourth-order valence-corrected chi connectivity index (χ4v) is 2.15. The van der Waals surface area contributed by atoms with Gasteiger partial charge in [0.05, 0.1) is 20.8 Å². The van der Waals surface area contributed by atoms with Gasteiger partial charge in [0.25, 0.3) is 0 Å². The molecule has 27 heavy (non-hydrogen) atoms. The highest BCUT2D eigenvalue weighted by molar-refractivity contribution is 5.74. The zero-order chi connectivity index (χ0) is 19.5. The Morgan fingerprint density at radius 1 is 1.00 bits per heavy atom. The fraction of sp³-hybridized carbons (Fsp3) is 0.250. The molecule has 7 heteroatoms. The lowest BCUT2D eigenvalue weighted by Crippen LogP contribution is -2.35. The lowest BCUT2D eigenvalue weighted by Gasteiger charge is -2.10. The van der Waals surface area contributed by atoms with Crippen molar-refractivity contribution < 1.29 is 23.4 Å². The Hall–Kier alpha value is -3.40. The van der Waals surface area contributed by atoms with Gasteiger partial charge in [0.15, 0.2) is 23.1 Å². The fourth-order valence-electron chi connectivity index (χ4n) is 2.15. The van der Waals surface area contributed by atoms with E-state index in [9.17, 15) is 9.18 Å². The van der Waals surface area contributed by atoms with E-state index in [0.29, 0.717) is 18.0 Å². The number of carbonyl (C=O) groups excluding carboxylic acids is 1. The summed E-state index contributed by atoms with van der Waals surface area (Å²) < 4.78 is 28.9. The quantitative estimate of drug-likeness (QED) is 0.734. The summed E-state index contributed by atoms with van der Waals surface area (Å²) in [5, 5.41) is 5.32. The van der Waals surface area contributed by atoms with Gasteiger partial charge in [-0.2, -0.15) is 0 Å². The second-order valence-electron chi connectivity index (χ2n) is 5.30. The van der Waals surface area contributed by atoms with Gasteiger partial charge in [-0.3, -0.25) is 0 Å². The first-order valence-corrected chi connectivity index (χ1v) is 8.19. The van der Waals surface area contributed by atoms with E-state index in [1.165, 1.54) is 12.1 Å². The number of rotatable bonds is 7. The molecule has 0 saturated carbocycles. The Kier molecular flexibility index (Phi) is 7.79. The Morgan fingerprint density at radius 2 is 1.78 bits per heavy atom. The smallest absolute Gasteiger partial charge is 0.315 e. The zero-order valence-electron chi connectivity index (χ0n) is 15.2. The topological polar surface area (TPSA) is 68.8 Å². The summed E-state index contributed by atoms with van der Waals surface area (Å²) in [6.07, 6.45) is 0. The highest BCUT2D eigenvalue weighted by Gasteiger charge is 2.05. The molecule has 0 aliphatic rings. The van der Waals surface area contributed by atoms with Crippen molar-refractivity contribution in [3.05, 3.63) is 53.8 Å². The molecule has 0 heterocycles. The van der Waals surface area contributed by atoms with Gasteiger partial charge in [-0.1, -0.05) is 30.0 Å². The highest BCUT2D eigenvalue weighted by Crippen LogP contribution is 2.27. The van der Waals surface area contributed by atoms with E-state index >= 15 is 0 Å². The normalized spacial score (nSPS) is 9.59. The number of halogens is 1. The minimum absolute atomic E-state index is 0.0376. The second kappa shape index (κ2) is 10.6. The molecule has 0 fully saturated rings. The van der Waals surface area contributed by atoms with Crippen molar-refractivity contribution in [1.29, 1.82) is 0 Å². The van der Waals surface area contributed by atoms with Gasteiger partial charge in [-0.15, -0.1) is 0 Å². The van der Waals surface area contributed by atoms with Gasteiger partial charge in [0.2, 0.25) is 0 Å². The molecule has 0 spiro atoms. The van der Waals surface area contributed by atoms with Crippen LogP contribution >= 0.6 is 0 Å². The summed E-state index contributed by atoms with van der Waals surface area (Å²) in [5.41, 5.74) is 0.868. The molecule has 2 amide bonds. The molecule has 0 aliphatic carbocycles. The van der Waals surface area contributed by atoms with Crippen LogP contribution in [0.4, 0.5) is 9.18 Å². The maximum Gasteiger partial charge on any atom is 0.315 e. The van der Waals surface area contributed by atoms with Crippen LogP contribution in [0.25, 0.3) is 0 Å². The van der Waals surface area contributed by atoms with Gasteiger partial charge in [-0.05, 0) is 29.8 Å². The monoisotopic (exact) mass is 372 g/mol. The van der Waals surface area contributed by atoms with Crippen molar-refractivity contribution in [3.63, 3.8) is 0 Å². The van der Waals surface area contributed by atoms with E-state index < -0.39 is 5.82 Å². The number of hydrogen-bond donors (Lipinski definition) is 2. The maximum absolute atomic E-state index is 13.3. The first-order chi connectivity index (χ1) is 13.1. The van der Waals surface area contributed by atoms with Crippen LogP contribution in [-0.2, 0) is 6.54 Å². The molecular weight excluding hydrogens is 351 g/mol. The van der Waals surface area contributed by atoms with Gasteiger partial charge < -0.3 is 24.8 Å². The average molecular weight is 372 g/mol. The van der Waals surface area contributed by atoms with Crippen LogP contribution in [0.2, 0.25) is 0 Å². The summed E-state index contributed by atoms with van der Waals surface area (Å²) in [6, 6.07) is 11.1. The van der Waals surface area contributed by atoms with Crippen LogP contribution in [-0.4, -0.2) is 33.4 Å². The molecule has 0 atom stereocenters. The Balaban J connectivity index is 1.69. The number of benzene rings is 2. The molecule has 0 radical (unpaired) electrons. The van der Waals surface area contributed by atoms with Crippen LogP contribution in [0.15, 0.2) is 42.5 Å². The van der Waals surface area contributed by atoms with Crippen LogP contribution in [0.1, 0.15) is 5.56 Å². The molecule has 0 aliphatic heterocycles. The number of amides is 2. The summed E-state index contributed by atoms with van der Waals surface area (Å²) in [5.74, 6) is 6.36. The lowest BCUT2D eigenvalue weighted by atomic mass is 10.2. The van der Waals surface area contributed by atoms with E-state index in [0.717, 1.165) is 5.56 Å². The summed E-state index contributed by atoms with van der Waals surface area (Å²) in [7, 11) is 3.11. The van der Waals surface area contributed by atoms with Gasteiger partial charge in [-0.25, -0.2) is 9.18 Å². The number of urea groups is 1. The Bertz CT molecular complexity index is 830.